The lowest BCUT2D eigenvalue weighted by Crippen LogP contribution is -2.20. The van der Waals surface area contributed by atoms with E-state index >= 15 is 0 Å². The fourth-order valence-corrected chi connectivity index (χ4v) is 1.57. The summed E-state index contributed by atoms with van der Waals surface area (Å²) in [4.78, 5) is 6.29. The monoisotopic (exact) mass is 220 g/mol. The van der Waals surface area contributed by atoms with Crippen LogP contribution in [-0.4, -0.2) is 31.6 Å². The number of rotatable bonds is 4. The van der Waals surface area contributed by atoms with Crippen molar-refractivity contribution >= 4 is 5.82 Å². The van der Waals surface area contributed by atoms with E-state index in [0.29, 0.717) is 6.54 Å². The maximum absolute atomic E-state index is 4.33. The molecule has 0 aromatic carbocycles. The van der Waals surface area contributed by atoms with Crippen molar-refractivity contribution in [1.29, 1.82) is 0 Å². The molecule has 0 radical (unpaired) electrons. The van der Waals surface area contributed by atoms with Gasteiger partial charge in [0, 0.05) is 32.9 Å². The van der Waals surface area contributed by atoms with Crippen molar-refractivity contribution in [3.05, 3.63) is 24.4 Å². The highest BCUT2D eigenvalue weighted by atomic mass is 15.4. The van der Waals surface area contributed by atoms with Crippen LogP contribution in [0.15, 0.2) is 18.6 Å². The van der Waals surface area contributed by atoms with Gasteiger partial charge in [0.2, 0.25) is 0 Å². The SMILES string of the molecule is CCn1ncnc1CN(C)c1ccn(C)n1. The minimum absolute atomic E-state index is 0.713. The standard InChI is InChI=1S/C10H16N6/c1-4-16-10(11-8-12-16)7-14(2)9-5-6-15(3)13-9/h5-6,8H,4,7H2,1-3H3. The van der Waals surface area contributed by atoms with Gasteiger partial charge in [-0.1, -0.05) is 0 Å². The second-order valence-corrected chi connectivity index (χ2v) is 3.70. The highest BCUT2D eigenvalue weighted by Crippen LogP contribution is 2.10. The fraction of sp³-hybridized carbons (Fsp3) is 0.500. The van der Waals surface area contributed by atoms with E-state index in [1.165, 1.54) is 0 Å². The second-order valence-electron chi connectivity index (χ2n) is 3.70. The molecule has 6 nitrogen and oxygen atoms in total. The maximum Gasteiger partial charge on any atom is 0.150 e. The van der Waals surface area contributed by atoms with Crippen LogP contribution in [0.4, 0.5) is 5.82 Å². The quantitative estimate of drug-likeness (QED) is 0.760. The Labute approximate surface area is 94.5 Å². The third kappa shape index (κ3) is 2.05. The van der Waals surface area contributed by atoms with Gasteiger partial charge in [0.1, 0.15) is 12.2 Å². The van der Waals surface area contributed by atoms with Crippen LogP contribution in [0.25, 0.3) is 0 Å². The van der Waals surface area contributed by atoms with Gasteiger partial charge >= 0.3 is 0 Å². The molecule has 0 fully saturated rings. The van der Waals surface area contributed by atoms with Crippen LogP contribution >= 0.6 is 0 Å². The Kier molecular flexibility index (Phi) is 2.89. The van der Waals surface area contributed by atoms with Crippen LogP contribution in [0.5, 0.6) is 0 Å². The predicted molar refractivity (Wildman–Crippen MR) is 61.0 cm³/mol. The molecule has 0 unspecified atom stereocenters. The van der Waals surface area contributed by atoms with Crippen molar-refractivity contribution in [1.82, 2.24) is 24.5 Å². The van der Waals surface area contributed by atoms with E-state index in [9.17, 15) is 0 Å². The van der Waals surface area contributed by atoms with E-state index in [2.05, 4.69) is 27.0 Å². The molecule has 0 saturated heterocycles. The Morgan fingerprint density at radius 1 is 1.44 bits per heavy atom. The topological polar surface area (TPSA) is 51.8 Å². The maximum atomic E-state index is 4.33. The zero-order valence-corrected chi connectivity index (χ0v) is 9.83. The molecular weight excluding hydrogens is 204 g/mol. The first-order chi connectivity index (χ1) is 7.70. The Hall–Kier alpha value is -1.85. The van der Waals surface area contributed by atoms with Crippen molar-refractivity contribution in [2.45, 2.75) is 20.0 Å². The van der Waals surface area contributed by atoms with Gasteiger partial charge in [-0.15, -0.1) is 0 Å². The molecular formula is C10H16N6. The fourth-order valence-electron chi connectivity index (χ4n) is 1.57. The molecule has 0 spiro atoms. The molecule has 2 heterocycles. The molecule has 0 amide bonds. The van der Waals surface area contributed by atoms with Crippen molar-refractivity contribution < 1.29 is 0 Å². The van der Waals surface area contributed by atoms with Gasteiger partial charge in [-0.05, 0) is 6.92 Å². The van der Waals surface area contributed by atoms with Crippen molar-refractivity contribution in [2.75, 3.05) is 11.9 Å². The van der Waals surface area contributed by atoms with E-state index in [1.807, 2.05) is 31.0 Å². The van der Waals surface area contributed by atoms with E-state index in [4.69, 9.17) is 0 Å². The van der Waals surface area contributed by atoms with Gasteiger partial charge < -0.3 is 4.90 Å². The summed E-state index contributed by atoms with van der Waals surface area (Å²) < 4.78 is 3.68. The average Bonchev–Trinajstić information content (AvgIpc) is 2.86. The normalized spacial score (nSPS) is 10.7. The van der Waals surface area contributed by atoms with Gasteiger partial charge in [-0.2, -0.15) is 10.2 Å². The Morgan fingerprint density at radius 3 is 2.88 bits per heavy atom. The second kappa shape index (κ2) is 4.34. The number of aryl methyl sites for hydroxylation is 2. The number of aromatic nitrogens is 5. The number of hydrogen-bond acceptors (Lipinski definition) is 4. The van der Waals surface area contributed by atoms with E-state index in [1.54, 1.807) is 11.0 Å². The third-order valence-electron chi connectivity index (χ3n) is 2.46. The van der Waals surface area contributed by atoms with Gasteiger partial charge in [-0.25, -0.2) is 9.67 Å². The zero-order chi connectivity index (χ0) is 11.5. The first kappa shape index (κ1) is 10.7. The van der Waals surface area contributed by atoms with Gasteiger partial charge in [0.25, 0.3) is 0 Å². The summed E-state index contributed by atoms with van der Waals surface area (Å²) in [6.07, 6.45) is 3.52. The van der Waals surface area contributed by atoms with Gasteiger partial charge in [0.05, 0.1) is 6.54 Å². The molecule has 2 rings (SSSR count). The lowest BCUT2D eigenvalue weighted by Gasteiger charge is -2.15. The van der Waals surface area contributed by atoms with Crippen LogP contribution < -0.4 is 4.90 Å². The Bertz CT molecular complexity index is 457. The highest BCUT2D eigenvalue weighted by Gasteiger charge is 2.09. The van der Waals surface area contributed by atoms with E-state index in [0.717, 1.165) is 18.2 Å². The summed E-state index contributed by atoms with van der Waals surface area (Å²) in [5.74, 6) is 1.89. The molecule has 2 aromatic rings. The van der Waals surface area contributed by atoms with Crippen LogP contribution in [0.3, 0.4) is 0 Å². The smallest absolute Gasteiger partial charge is 0.150 e. The van der Waals surface area contributed by atoms with Crippen LogP contribution in [0, 0.1) is 0 Å². The summed E-state index contributed by atoms with van der Waals surface area (Å²) in [6.45, 7) is 3.61. The molecule has 0 saturated carbocycles. The summed E-state index contributed by atoms with van der Waals surface area (Å²) in [5, 5.41) is 8.47. The molecule has 0 aliphatic carbocycles. The van der Waals surface area contributed by atoms with Crippen LogP contribution in [0.2, 0.25) is 0 Å². The molecule has 0 N–H and O–H groups in total. The molecule has 0 atom stereocenters. The molecule has 16 heavy (non-hydrogen) atoms. The molecule has 2 aromatic heterocycles. The number of hydrogen-bond donors (Lipinski definition) is 0. The Balaban J connectivity index is 2.10. The van der Waals surface area contributed by atoms with Crippen molar-refractivity contribution in [2.24, 2.45) is 7.05 Å². The predicted octanol–water partition coefficient (Wildman–Crippen LogP) is 0.668. The van der Waals surface area contributed by atoms with Gasteiger partial charge in [-0.3, -0.25) is 4.68 Å². The molecule has 0 bridgehead atoms. The summed E-state index contributed by atoms with van der Waals surface area (Å²) >= 11 is 0. The molecule has 0 aliphatic heterocycles. The lowest BCUT2D eigenvalue weighted by atomic mass is 10.5. The minimum Gasteiger partial charge on any atom is -0.351 e. The van der Waals surface area contributed by atoms with Gasteiger partial charge in [0.15, 0.2) is 5.82 Å². The van der Waals surface area contributed by atoms with E-state index in [-0.39, 0.29) is 0 Å². The first-order valence-corrected chi connectivity index (χ1v) is 5.28. The Morgan fingerprint density at radius 2 is 2.25 bits per heavy atom. The summed E-state index contributed by atoms with van der Waals surface area (Å²) in [5.41, 5.74) is 0. The zero-order valence-electron chi connectivity index (χ0n) is 9.83. The summed E-state index contributed by atoms with van der Waals surface area (Å²) in [6, 6.07) is 1.98. The third-order valence-corrected chi connectivity index (χ3v) is 2.46. The number of anilines is 1. The van der Waals surface area contributed by atoms with Crippen LogP contribution in [0.1, 0.15) is 12.7 Å². The minimum atomic E-state index is 0.713. The van der Waals surface area contributed by atoms with Crippen molar-refractivity contribution in [3.8, 4) is 0 Å². The largest absolute Gasteiger partial charge is 0.351 e. The molecule has 86 valence electrons. The first-order valence-electron chi connectivity index (χ1n) is 5.28. The van der Waals surface area contributed by atoms with Crippen molar-refractivity contribution in [3.63, 3.8) is 0 Å². The number of nitrogens with zero attached hydrogens (tertiary/aromatic N) is 6. The lowest BCUT2D eigenvalue weighted by molar-refractivity contribution is 0.608. The average molecular weight is 220 g/mol. The van der Waals surface area contributed by atoms with Crippen LogP contribution in [-0.2, 0) is 20.1 Å². The summed E-state index contributed by atoms with van der Waals surface area (Å²) in [7, 11) is 3.91. The van der Waals surface area contributed by atoms with E-state index < -0.39 is 0 Å². The highest BCUT2D eigenvalue weighted by molar-refractivity contribution is 5.35. The molecule has 6 heteroatoms. The molecule has 0 aliphatic rings.